The first-order valence-corrected chi connectivity index (χ1v) is 10.1. The van der Waals surface area contributed by atoms with E-state index in [4.69, 9.17) is 23.2 Å². The molecule has 128 valence electrons. The summed E-state index contributed by atoms with van der Waals surface area (Å²) in [5.41, 5.74) is 1.71. The number of nitrogens with zero attached hydrogens (tertiary/aromatic N) is 1. The van der Waals surface area contributed by atoms with Crippen molar-refractivity contribution in [2.45, 2.75) is 28.9 Å². The van der Waals surface area contributed by atoms with E-state index in [9.17, 15) is 13.2 Å². The molecule has 2 unspecified atom stereocenters. The largest absolute Gasteiger partial charge is 0.298 e. The number of sulfone groups is 1. The van der Waals surface area contributed by atoms with E-state index in [0.29, 0.717) is 27.9 Å². The maximum absolute atomic E-state index is 12.9. The van der Waals surface area contributed by atoms with Crippen molar-refractivity contribution >= 4 is 50.2 Å². The Labute approximate surface area is 155 Å². The topological polar surface area (TPSA) is 63.6 Å². The van der Waals surface area contributed by atoms with Crippen LogP contribution in [0.1, 0.15) is 24.3 Å². The summed E-state index contributed by atoms with van der Waals surface area (Å²) in [5, 5.41) is -0.266. The van der Waals surface area contributed by atoms with E-state index in [2.05, 4.69) is 4.99 Å². The fraction of sp³-hybridized carbons (Fsp3) is 0.222. The third-order valence-corrected chi connectivity index (χ3v) is 7.23. The molecule has 0 aromatic heterocycles. The van der Waals surface area contributed by atoms with Crippen LogP contribution in [0.25, 0.3) is 0 Å². The predicted octanol–water partition coefficient (Wildman–Crippen LogP) is 4.37. The summed E-state index contributed by atoms with van der Waals surface area (Å²) in [6.07, 6.45) is 0.597. The van der Waals surface area contributed by atoms with Crippen molar-refractivity contribution in [3.8, 4) is 0 Å². The van der Waals surface area contributed by atoms with Gasteiger partial charge in [0.05, 0.1) is 10.6 Å². The predicted molar refractivity (Wildman–Crippen MR) is 98.0 cm³/mol. The highest BCUT2D eigenvalue weighted by Gasteiger charge is 2.46. The fourth-order valence-electron chi connectivity index (χ4n) is 3.48. The smallest absolute Gasteiger partial charge is 0.195 e. The van der Waals surface area contributed by atoms with Crippen LogP contribution in [0.3, 0.4) is 0 Å². The number of fused-ring (bicyclic) bond motifs is 2. The standard InChI is InChI=1S/C18H13Cl2NO3S/c19-12-3-1-10(2-4-12)11-7-15-18(16(22)8-11)25(23,24)17-9-13(20)5-6-14(17)21-15/h1-6,9,11,18H,7-8H2. The Balaban J connectivity index is 1.79. The van der Waals surface area contributed by atoms with Crippen molar-refractivity contribution in [2.75, 3.05) is 0 Å². The third-order valence-electron chi connectivity index (χ3n) is 4.64. The summed E-state index contributed by atoms with van der Waals surface area (Å²) >= 11 is 11.8. The van der Waals surface area contributed by atoms with Gasteiger partial charge in [0.15, 0.2) is 20.9 Å². The van der Waals surface area contributed by atoms with Gasteiger partial charge in [-0.1, -0.05) is 35.3 Å². The van der Waals surface area contributed by atoms with Crippen LogP contribution in [0.15, 0.2) is 52.4 Å². The molecule has 1 aliphatic carbocycles. The lowest BCUT2D eigenvalue weighted by atomic mass is 9.82. The van der Waals surface area contributed by atoms with E-state index in [-0.39, 0.29) is 23.0 Å². The molecule has 1 fully saturated rings. The molecule has 2 aromatic carbocycles. The summed E-state index contributed by atoms with van der Waals surface area (Å²) in [7, 11) is -3.81. The molecule has 0 saturated heterocycles. The second kappa shape index (κ2) is 5.94. The maximum Gasteiger partial charge on any atom is 0.195 e. The Hall–Kier alpha value is -1.69. The lowest BCUT2D eigenvalue weighted by Gasteiger charge is -2.32. The van der Waals surface area contributed by atoms with Gasteiger partial charge in [0.25, 0.3) is 0 Å². The number of halogens is 2. The van der Waals surface area contributed by atoms with Crippen molar-refractivity contribution in [3.05, 3.63) is 58.1 Å². The van der Waals surface area contributed by atoms with Gasteiger partial charge in [-0.3, -0.25) is 9.79 Å². The van der Waals surface area contributed by atoms with Crippen molar-refractivity contribution in [3.63, 3.8) is 0 Å². The molecular formula is C18H13Cl2NO3S. The Morgan fingerprint density at radius 3 is 2.36 bits per heavy atom. The van der Waals surface area contributed by atoms with Gasteiger partial charge in [0.1, 0.15) is 0 Å². The van der Waals surface area contributed by atoms with Crippen LogP contribution in [0.2, 0.25) is 10.0 Å². The minimum Gasteiger partial charge on any atom is -0.298 e. The molecule has 2 aliphatic rings. The molecule has 0 bridgehead atoms. The highest BCUT2D eigenvalue weighted by atomic mass is 35.5. The molecule has 1 saturated carbocycles. The van der Waals surface area contributed by atoms with E-state index >= 15 is 0 Å². The number of aliphatic imine (C=N–C) groups is 1. The Bertz CT molecular complexity index is 1010. The fourth-order valence-corrected chi connectivity index (χ4v) is 5.75. The van der Waals surface area contributed by atoms with Gasteiger partial charge < -0.3 is 0 Å². The van der Waals surface area contributed by atoms with Crippen molar-refractivity contribution in [1.82, 2.24) is 0 Å². The van der Waals surface area contributed by atoms with Crippen molar-refractivity contribution < 1.29 is 13.2 Å². The van der Waals surface area contributed by atoms with E-state index < -0.39 is 15.1 Å². The highest BCUT2D eigenvalue weighted by Crippen LogP contribution is 2.41. The molecule has 25 heavy (non-hydrogen) atoms. The molecule has 1 aliphatic heterocycles. The van der Waals surface area contributed by atoms with Crippen LogP contribution in [0.4, 0.5) is 5.69 Å². The first kappa shape index (κ1) is 16.8. The lowest BCUT2D eigenvalue weighted by molar-refractivity contribution is -0.118. The van der Waals surface area contributed by atoms with Crippen molar-refractivity contribution in [1.29, 1.82) is 0 Å². The molecule has 7 heteroatoms. The second-order valence-electron chi connectivity index (χ2n) is 6.26. The minimum atomic E-state index is -3.81. The maximum atomic E-state index is 12.9. The number of Topliss-reactive ketones (excluding diaryl/α,β-unsaturated/α-hetero) is 1. The van der Waals surface area contributed by atoms with Crippen LogP contribution in [0.5, 0.6) is 0 Å². The Morgan fingerprint density at radius 1 is 0.960 bits per heavy atom. The van der Waals surface area contributed by atoms with Crippen molar-refractivity contribution in [2.24, 2.45) is 4.99 Å². The van der Waals surface area contributed by atoms with E-state index in [0.717, 1.165) is 5.56 Å². The number of hydrogen-bond donors (Lipinski definition) is 0. The van der Waals surface area contributed by atoms with Gasteiger partial charge in [-0.25, -0.2) is 8.42 Å². The molecule has 4 rings (SSSR count). The van der Waals surface area contributed by atoms with Gasteiger partial charge in [-0.05, 0) is 48.2 Å². The van der Waals surface area contributed by atoms with E-state index in [1.165, 1.54) is 6.07 Å². The summed E-state index contributed by atoms with van der Waals surface area (Å²) in [4.78, 5) is 17.2. The minimum absolute atomic E-state index is 0.0343. The monoisotopic (exact) mass is 393 g/mol. The zero-order valence-electron chi connectivity index (χ0n) is 12.9. The normalized spacial score (nSPS) is 24.2. The average molecular weight is 394 g/mol. The van der Waals surface area contributed by atoms with E-state index in [1.54, 1.807) is 24.3 Å². The van der Waals surface area contributed by atoms with Gasteiger partial charge in [-0.2, -0.15) is 0 Å². The lowest BCUT2D eigenvalue weighted by Crippen LogP contribution is -2.44. The molecule has 0 N–H and O–H groups in total. The SMILES string of the molecule is O=C1CC(c2ccc(Cl)cc2)CC2=Nc3ccc(Cl)cc3S(=O)(=O)C12. The number of benzene rings is 2. The summed E-state index contributed by atoms with van der Waals surface area (Å²) in [6.45, 7) is 0. The molecule has 2 atom stereocenters. The number of carbonyl (C=O) groups is 1. The summed E-state index contributed by atoms with van der Waals surface area (Å²) in [6, 6.07) is 11.8. The summed E-state index contributed by atoms with van der Waals surface area (Å²) in [5.74, 6) is -0.417. The summed E-state index contributed by atoms with van der Waals surface area (Å²) < 4.78 is 25.8. The average Bonchev–Trinajstić information content (AvgIpc) is 2.55. The van der Waals surface area contributed by atoms with Gasteiger partial charge in [0, 0.05) is 22.2 Å². The molecular weight excluding hydrogens is 381 g/mol. The van der Waals surface area contributed by atoms with Crippen LogP contribution in [-0.4, -0.2) is 25.2 Å². The number of hydrogen-bond acceptors (Lipinski definition) is 4. The number of ketones is 1. The number of carbonyl (C=O) groups excluding carboxylic acids is 1. The molecule has 2 aromatic rings. The second-order valence-corrected chi connectivity index (χ2v) is 9.14. The zero-order chi connectivity index (χ0) is 17.8. The molecule has 4 nitrogen and oxygen atoms in total. The zero-order valence-corrected chi connectivity index (χ0v) is 15.3. The van der Waals surface area contributed by atoms with Crippen LogP contribution in [0, 0.1) is 0 Å². The molecule has 0 spiro atoms. The number of rotatable bonds is 1. The van der Waals surface area contributed by atoms with E-state index in [1.807, 2.05) is 12.1 Å². The Morgan fingerprint density at radius 2 is 1.64 bits per heavy atom. The first-order chi connectivity index (χ1) is 11.9. The molecule has 0 radical (unpaired) electrons. The van der Waals surface area contributed by atoms with Gasteiger partial charge >= 0.3 is 0 Å². The van der Waals surface area contributed by atoms with Crippen LogP contribution in [-0.2, 0) is 14.6 Å². The quantitative estimate of drug-likeness (QED) is 0.722. The van der Waals surface area contributed by atoms with Gasteiger partial charge in [-0.15, -0.1) is 0 Å². The van der Waals surface area contributed by atoms with Crippen LogP contribution < -0.4 is 0 Å². The molecule has 1 heterocycles. The Kier molecular flexibility index (Phi) is 3.98. The first-order valence-electron chi connectivity index (χ1n) is 7.75. The highest BCUT2D eigenvalue weighted by molar-refractivity contribution is 7.94. The third kappa shape index (κ3) is 2.80. The molecule has 0 amide bonds. The van der Waals surface area contributed by atoms with Gasteiger partial charge in [0.2, 0.25) is 0 Å². The van der Waals surface area contributed by atoms with Crippen LogP contribution >= 0.6 is 23.2 Å².